The van der Waals surface area contributed by atoms with Crippen LogP contribution in [0.3, 0.4) is 0 Å². The summed E-state index contributed by atoms with van der Waals surface area (Å²) in [6.07, 6.45) is 4.77. The van der Waals surface area contributed by atoms with Crippen LogP contribution in [0.15, 0.2) is 30.6 Å². The number of halogens is 1. The Balaban J connectivity index is 1.46. The van der Waals surface area contributed by atoms with E-state index in [2.05, 4.69) is 25.3 Å². The molecule has 4 rings (SSSR count). The molecule has 0 radical (unpaired) electrons. The third kappa shape index (κ3) is 4.57. The van der Waals surface area contributed by atoms with Crippen LogP contribution in [-0.2, 0) is 11.2 Å². The number of amides is 1. The van der Waals surface area contributed by atoms with Crippen LogP contribution in [0.25, 0.3) is 5.82 Å². The summed E-state index contributed by atoms with van der Waals surface area (Å²) in [5, 5.41) is 7.42. The molecule has 0 unspecified atom stereocenters. The largest absolute Gasteiger partial charge is 0.356 e. The van der Waals surface area contributed by atoms with E-state index in [1.54, 1.807) is 25.4 Å². The van der Waals surface area contributed by atoms with Crippen LogP contribution >= 0.6 is 0 Å². The fraction of sp³-hybridized carbons (Fsp3) is 0.391. The van der Waals surface area contributed by atoms with E-state index in [0.717, 1.165) is 41.7 Å². The normalized spacial score (nSPS) is 13.6. The first-order valence-electron chi connectivity index (χ1n) is 10.6. The molecule has 0 atom stereocenters. The summed E-state index contributed by atoms with van der Waals surface area (Å²) in [6, 6.07) is 6.67. The van der Waals surface area contributed by atoms with Gasteiger partial charge < -0.3 is 10.2 Å². The highest BCUT2D eigenvalue weighted by molar-refractivity contribution is 5.90. The van der Waals surface area contributed by atoms with Gasteiger partial charge in [0.25, 0.3) is 0 Å². The molecule has 1 aliphatic rings. The van der Waals surface area contributed by atoms with Gasteiger partial charge in [0, 0.05) is 37.0 Å². The number of aryl methyl sites for hydroxylation is 2. The first kappa shape index (κ1) is 21.0. The van der Waals surface area contributed by atoms with Gasteiger partial charge in [0.2, 0.25) is 5.91 Å². The molecule has 8 heteroatoms. The number of carbonyl (C=O) groups excluding carboxylic acids is 1. The second-order valence-corrected chi connectivity index (χ2v) is 8.00. The minimum atomic E-state index is -0.330. The lowest BCUT2D eigenvalue weighted by atomic mass is 10.1. The predicted octanol–water partition coefficient (Wildman–Crippen LogP) is 3.90. The van der Waals surface area contributed by atoms with Crippen molar-refractivity contribution in [1.29, 1.82) is 0 Å². The first-order chi connectivity index (χ1) is 14.9. The van der Waals surface area contributed by atoms with Crippen LogP contribution in [0.1, 0.15) is 41.8 Å². The number of rotatable bonds is 6. The van der Waals surface area contributed by atoms with Crippen molar-refractivity contribution in [3.05, 3.63) is 58.9 Å². The summed E-state index contributed by atoms with van der Waals surface area (Å²) in [5.41, 5.74) is 3.86. The molecule has 7 nitrogen and oxygen atoms in total. The number of nitrogens with zero attached hydrogens (tertiary/aromatic N) is 5. The summed E-state index contributed by atoms with van der Waals surface area (Å²) >= 11 is 0. The van der Waals surface area contributed by atoms with Gasteiger partial charge in [-0.1, -0.05) is 6.07 Å². The summed E-state index contributed by atoms with van der Waals surface area (Å²) in [7, 11) is 0. The molecule has 0 aliphatic carbocycles. The maximum absolute atomic E-state index is 13.7. The van der Waals surface area contributed by atoms with Gasteiger partial charge in [-0.3, -0.25) is 4.79 Å². The third-order valence-corrected chi connectivity index (χ3v) is 5.78. The van der Waals surface area contributed by atoms with Crippen molar-refractivity contribution < 1.29 is 9.18 Å². The van der Waals surface area contributed by atoms with Gasteiger partial charge in [-0.2, -0.15) is 5.10 Å². The fourth-order valence-corrected chi connectivity index (χ4v) is 3.96. The van der Waals surface area contributed by atoms with Gasteiger partial charge in [-0.15, -0.1) is 0 Å². The summed E-state index contributed by atoms with van der Waals surface area (Å²) in [4.78, 5) is 23.5. The molecule has 0 bridgehead atoms. The van der Waals surface area contributed by atoms with Crippen LogP contribution in [-0.4, -0.2) is 38.7 Å². The van der Waals surface area contributed by atoms with E-state index in [9.17, 15) is 9.18 Å². The lowest BCUT2D eigenvalue weighted by molar-refractivity contribution is -0.116. The predicted molar refractivity (Wildman–Crippen MR) is 118 cm³/mol. The Kier molecular flexibility index (Phi) is 5.97. The lowest BCUT2D eigenvalue weighted by Gasteiger charge is -2.16. The lowest BCUT2D eigenvalue weighted by Crippen LogP contribution is -2.19. The maximum atomic E-state index is 13.7. The number of anilines is 2. The number of hydrogen-bond acceptors (Lipinski definition) is 5. The second-order valence-electron chi connectivity index (χ2n) is 8.00. The van der Waals surface area contributed by atoms with Gasteiger partial charge in [-0.05, 0) is 63.3 Å². The topological polar surface area (TPSA) is 75.9 Å². The molecular weight excluding hydrogens is 395 g/mol. The molecule has 0 spiro atoms. The van der Waals surface area contributed by atoms with Gasteiger partial charge in [-0.25, -0.2) is 19.0 Å². The van der Waals surface area contributed by atoms with E-state index in [1.807, 2.05) is 24.6 Å². The molecule has 0 saturated carbocycles. The Hall–Kier alpha value is -3.29. The minimum Gasteiger partial charge on any atom is -0.356 e. The van der Waals surface area contributed by atoms with Crippen molar-refractivity contribution in [2.45, 2.75) is 46.5 Å². The number of hydrogen-bond donors (Lipinski definition) is 1. The van der Waals surface area contributed by atoms with Crippen molar-refractivity contribution in [2.24, 2.45) is 0 Å². The van der Waals surface area contributed by atoms with Crippen LogP contribution < -0.4 is 10.2 Å². The van der Waals surface area contributed by atoms with Crippen molar-refractivity contribution in [3.63, 3.8) is 0 Å². The highest BCUT2D eigenvalue weighted by Crippen LogP contribution is 2.22. The van der Waals surface area contributed by atoms with Crippen molar-refractivity contribution >= 4 is 17.4 Å². The molecule has 162 valence electrons. The molecular formula is C23H27FN6O. The van der Waals surface area contributed by atoms with Crippen LogP contribution in [0.2, 0.25) is 0 Å². The molecule has 3 aromatic rings. The monoisotopic (exact) mass is 422 g/mol. The summed E-state index contributed by atoms with van der Waals surface area (Å²) < 4.78 is 15.5. The zero-order valence-electron chi connectivity index (χ0n) is 18.2. The minimum absolute atomic E-state index is 0.159. The number of nitrogens with one attached hydrogen (secondary N) is 1. The van der Waals surface area contributed by atoms with E-state index >= 15 is 0 Å². The van der Waals surface area contributed by atoms with Crippen LogP contribution in [0.5, 0.6) is 0 Å². The standard InChI is InChI=1S/C23H27FN6O/c1-15-6-7-18(12-20(15)24)27-23(31)9-8-19-16(2)28-30(17(19)3)22-13-21(25-14-26-22)29-10-4-5-11-29/h6-7,12-14H,4-5,8-11H2,1-3H3,(H,27,31). The SMILES string of the molecule is Cc1ccc(NC(=O)CCc2c(C)nn(-c3cc(N4CCCC4)ncn3)c2C)cc1F. The summed E-state index contributed by atoms with van der Waals surface area (Å²) in [5.74, 6) is 1.15. The average Bonchev–Trinajstić information content (AvgIpc) is 3.38. The Morgan fingerprint density at radius 3 is 2.58 bits per heavy atom. The smallest absolute Gasteiger partial charge is 0.224 e. The van der Waals surface area contributed by atoms with Crippen molar-refractivity contribution in [2.75, 3.05) is 23.3 Å². The van der Waals surface area contributed by atoms with Gasteiger partial charge >= 0.3 is 0 Å². The molecule has 1 amide bonds. The van der Waals surface area contributed by atoms with E-state index in [1.165, 1.54) is 18.9 Å². The Labute approximate surface area is 181 Å². The molecule has 1 N–H and O–H groups in total. The van der Waals surface area contributed by atoms with Crippen LogP contribution in [0.4, 0.5) is 15.9 Å². The van der Waals surface area contributed by atoms with Gasteiger partial charge in [0.05, 0.1) is 5.69 Å². The molecule has 1 saturated heterocycles. The summed E-state index contributed by atoms with van der Waals surface area (Å²) in [6.45, 7) is 7.64. The molecule has 31 heavy (non-hydrogen) atoms. The zero-order chi connectivity index (χ0) is 22.0. The average molecular weight is 423 g/mol. The van der Waals surface area contributed by atoms with E-state index in [-0.39, 0.29) is 18.1 Å². The van der Waals surface area contributed by atoms with E-state index in [4.69, 9.17) is 0 Å². The highest BCUT2D eigenvalue weighted by Gasteiger charge is 2.18. The van der Waals surface area contributed by atoms with Gasteiger partial charge in [0.15, 0.2) is 5.82 Å². The third-order valence-electron chi connectivity index (χ3n) is 5.78. The Bertz CT molecular complexity index is 1100. The zero-order valence-corrected chi connectivity index (χ0v) is 18.2. The number of aromatic nitrogens is 4. The first-order valence-corrected chi connectivity index (χ1v) is 10.6. The van der Waals surface area contributed by atoms with Gasteiger partial charge in [0.1, 0.15) is 18.0 Å². The molecule has 2 aromatic heterocycles. The number of carbonyl (C=O) groups is 1. The Morgan fingerprint density at radius 1 is 1.10 bits per heavy atom. The van der Waals surface area contributed by atoms with E-state index < -0.39 is 0 Å². The quantitative estimate of drug-likeness (QED) is 0.652. The van der Waals surface area contributed by atoms with Crippen molar-refractivity contribution in [3.8, 4) is 5.82 Å². The van der Waals surface area contributed by atoms with Crippen LogP contribution in [0, 0.1) is 26.6 Å². The number of benzene rings is 1. The van der Waals surface area contributed by atoms with Crippen molar-refractivity contribution in [1.82, 2.24) is 19.7 Å². The molecule has 1 aromatic carbocycles. The Morgan fingerprint density at radius 2 is 1.84 bits per heavy atom. The molecule has 1 fully saturated rings. The fourth-order valence-electron chi connectivity index (χ4n) is 3.96. The molecule has 1 aliphatic heterocycles. The second kappa shape index (κ2) is 8.83. The van der Waals surface area contributed by atoms with E-state index in [0.29, 0.717) is 17.7 Å². The highest BCUT2D eigenvalue weighted by atomic mass is 19.1. The molecule has 3 heterocycles. The maximum Gasteiger partial charge on any atom is 0.224 e.